The highest BCUT2D eigenvalue weighted by Crippen LogP contribution is 2.34. The van der Waals surface area contributed by atoms with Crippen molar-refractivity contribution in [3.05, 3.63) is 54.0 Å². The fourth-order valence-electron chi connectivity index (χ4n) is 2.36. The first kappa shape index (κ1) is 14.8. The van der Waals surface area contributed by atoms with Gasteiger partial charge < -0.3 is 4.98 Å². The third-order valence-electron chi connectivity index (χ3n) is 3.19. The quantitative estimate of drug-likeness (QED) is 0.616. The van der Waals surface area contributed by atoms with Crippen LogP contribution < -0.4 is 5.56 Å². The van der Waals surface area contributed by atoms with Crippen LogP contribution in [0.3, 0.4) is 0 Å². The van der Waals surface area contributed by atoms with E-state index in [0.29, 0.717) is 21.9 Å². The first-order chi connectivity index (χ1) is 9.88. The fourth-order valence-corrected chi connectivity index (χ4v) is 4.33. The highest BCUT2D eigenvalue weighted by atomic mass is 79.9. The third kappa shape index (κ3) is 2.45. The van der Waals surface area contributed by atoms with Gasteiger partial charge in [0.05, 0.1) is 16.1 Å². The number of benzene rings is 1. The van der Waals surface area contributed by atoms with Gasteiger partial charge in [0.1, 0.15) is 5.82 Å². The molecule has 21 heavy (non-hydrogen) atoms. The average molecular weight is 432 g/mol. The van der Waals surface area contributed by atoms with E-state index in [1.54, 1.807) is 6.92 Å². The molecular formula is C14H10Br2ClN3O. The smallest absolute Gasteiger partial charge is 0.260 e. The summed E-state index contributed by atoms with van der Waals surface area (Å²) < 4.78 is 3.53. The summed E-state index contributed by atoms with van der Waals surface area (Å²) in [6.07, 6.45) is 1.87. The number of hydrogen-bond acceptors (Lipinski definition) is 2. The molecule has 0 aliphatic rings. The highest BCUT2D eigenvalue weighted by Gasteiger charge is 2.17. The van der Waals surface area contributed by atoms with E-state index in [9.17, 15) is 4.79 Å². The summed E-state index contributed by atoms with van der Waals surface area (Å²) in [7, 11) is 0. The molecule has 2 aromatic heterocycles. The standard InChI is InChI=1S/C14H10Br2ClN3O/c1-6-5-20(12-9(16)3-8(15)4-10(12)17)13-11(6)14(21)19-7(2)18-13/h3-5H,1-2H3,(H,18,19,21). The molecule has 0 radical (unpaired) electrons. The Morgan fingerprint density at radius 1 is 1.29 bits per heavy atom. The van der Waals surface area contributed by atoms with Gasteiger partial charge in [0, 0.05) is 15.1 Å². The van der Waals surface area contributed by atoms with E-state index in [4.69, 9.17) is 11.6 Å². The Bertz CT molecular complexity index is 907. The Hall–Kier alpha value is -1.11. The monoisotopic (exact) mass is 429 g/mol. The molecule has 0 saturated heterocycles. The average Bonchev–Trinajstić information content (AvgIpc) is 2.65. The van der Waals surface area contributed by atoms with Gasteiger partial charge in [-0.05, 0) is 47.5 Å². The summed E-state index contributed by atoms with van der Waals surface area (Å²) in [6.45, 7) is 3.64. The molecule has 0 spiro atoms. The van der Waals surface area contributed by atoms with Gasteiger partial charge in [0.15, 0.2) is 5.65 Å². The topological polar surface area (TPSA) is 50.7 Å². The first-order valence-corrected chi connectivity index (χ1v) is 8.08. The maximum Gasteiger partial charge on any atom is 0.260 e. The lowest BCUT2D eigenvalue weighted by Crippen LogP contribution is -2.10. The van der Waals surface area contributed by atoms with Crippen LogP contribution in [0.4, 0.5) is 0 Å². The van der Waals surface area contributed by atoms with Gasteiger partial charge in [-0.3, -0.25) is 9.36 Å². The second kappa shape index (κ2) is 5.26. The van der Waals surface area contributed by atoms with Crippen LogP contribution in [0.1, 0.15) is 11.4 Å². The van der Waals surface area contributed by atoms with E-state index in [1.165, 1.54) is 0 Å². The van der Waals surface area contributed by atoms with Gasteiger partial charge in [0.2, 0.25) is 0 Å². The largest absolute Gasteiger partial charge is 0.310 e. The highest BCUT2D eigenvalue weighted by molar-refractivity contribution is 9.11. The Balaban J connectivity index is 2.45. The lowest BCUT2D eigenvalue weighted by Gasteiger charge is -2.10. The van der Waals surface area contributed by atoms with Crippen LogP contribution in [-0.2, 0) is 0 Å². The van der Waals surface area contributed by atoms with E-state index >= 15 is 0 Å². The summed E-state index contributed by atoms with van der Waals surface area (Å²) in [5.74, 6) is 0.566. The maximum atomic E-state index is 12.1. The van der Waals surface area contributed by atoms with Crippen LogP contribution in [0.5, 0.6) is 0 Å². The van der Waals surface area contributed by atoms with E-state index in [0.717, 1.165) is 20.2 Å². The molecule has 1 aromatic carbocycles. The predicted octanol–water partition coefficient (Wildman–Crippen LogP) is 4.51. The van der Waals surface area contributed by atoms with E-state index in [2.05, 4.69) is 41.8 Å². The van der Waals surface area contributed by atoms with Crippen molar-refractivity contribution in [2.45, 2.75) is 13.8 Å². The molecule has 7 heteroatoms. The van der Waals surface area contributed by atoms with Crippen molar-refractivity contribution in [3.8, 4) is 5.69 Å². The number of aromatic nitrogens is 3. The van der Waals surface area contributed by atoms with Crippen molar-refractivity contribution >= 4 is 54.5 Å². The van der Waals surface area contributed by atoms with Crippen molar-refractivity contribution in [1.29, 1.82) is 0 Å². The molecule has 0 bridgehead atoms. The van der Waals surface area contributed by atoms with Crippen molar-refractivity contribution in [2.24, 2.45) is 0 Å². The third-order valence-corrected chi connectivity index (χ3v) is 4.54. The zero-order chi connectivity index (χ0) is 15.3. The maximum absolute atomic E-state index is 12.1. The van der Waals surface area contributed by atoms with Crippen LogP contribution in [0.2, 0.25) is 5.02 Å². The van der Waals surface area contributed by atoms with Crippen LogP contribution in [-0.4, -0.2) is 14.5 Å². The number of fused-ring (bicyclic) bond motifs is 1. The Morgan fingerprint density at radius 2 is 2.00 bits per heavy atom. The molecule has 0 aliphatic heterocycles. The SMILES string of the molecule is Cc1nc2c(c(C)cn2-c2c(Cl)cc(Br)cc2Br)c(=O)[nH]1. The van der Waals surface area contributed by atoms with Crippen molar-refractivity contribution in [3.63, 3.8) is 0 Å². The minimum atomic E-state index is -0.141. The minimum Gasteiger partial charge on any atom is -0.310 e. The lowest BCUT2D eigenvalue weighted by molar-refractivity contribution is 1.01. The second-order valence-corrected chi connectivity index (χ2v) is 6.93. The van der Waals surface area contributed by atoms with Gasteiger partial charge in [-0.15, -0.1) is 0 Å². The van der Waals surface area contributed by atoms with Gasteiger partial charge in [-0.2, -0.15) is 0 Å². The molecular weight excluding hydrogens is 421 g/mol. The molecule has 1 N–H and O–H groups in total. The predicted molar refractivity (Wildman–Crippen MR) is 91.6 cm³/mol. The molecule has 0 amide bonds. The molecule has 108 valence electrons. The van der Waals surface area contributed by atoms with E-state index < -0.39 is 0 Å². The zero-order valence-electron chi connectivity index (χ0n) is 11.2. The molecule has 4 nitrogen and oxygen atoms in total. The molecule has 0 saturated carbocycles. The Labute approximate surface area is 142 Å². The summed E-state index contributed by atoms with van der Waals surface area (Å²) in [5.41, 5.74) is 2.07. The summed E-state index contributed by atoms with van der Waals surface area (Å²) in [6, 6.07) is 3.71. The van der Waals surface area contributed by atoms with Gasteiger partial charge >= 0.3 is 0 Å². The van der Waals surface area contributed by atoms with Crippen LogP contribution >= 0.6 is 43.5 Å². The number of hydrogen-bond donors (Lipinski definition) is 1. The van der Waals surface area contributed by atoms with Crippen molar-refractivity contribution in [2.75, 3.05) is 0 Å². The molecule has 0 aliphatic carbocycles. The minimum absolute atomic E-state index is 0.141. The number of aromatic amines is 1. The number of nitrogens with zero attached hydrogens (tertiary/aromatic N) is 2. The number of H-pyrrole nitrogens is 1. The lowest BCUT2D eigenvalue weighted by atomic mass is 10.3. The van der Waals surface area contributed by atoms with Crippen molar-refractivity contribution in [1.82, 2.24) is 14.5 Å². The molecule has 3 rings (SSSR count). The molecule has 0 atom stereocenters. The van der Waals surface area contributed by atoms with Crippen LogP contribution in [0.15, 0.2) is 32.1 Å². The summed E-state index contributed by atoms with van der Waals surface area (Å²) in [4.78, 5) is 19.3. The first-order valence-electron chi connectivity index (χ1n) is 6.12. The second-order valence-electron chi connectivity index (χ2n) is 4.75. The Kier molecular flexibility index (Phi) is 3.71. The molecule has 2 heterocycles. The van der Waals surface area contributed by atoms with Crippen LogP contribution in [0, 0.1) is 13.8 Å². The number of halogens is 3. The number of nitrogens with one attached hydrogen (secondary N) is 1. The molecule has 3 aromatic rings. The molecule has 0 fully saturated rings. The normalized spacial score (nSPS) is 11.3. The van der Waals surface area contributed by atoms with Gasteiger partial charge in [-0.25, -0.2) is 4.98 Å². The van der Waals surface area contributed by atoms with E-state index in [-0.39, 0.29) is 5.56 Å². The van der Waals surface area contributed by atoms with Gasteiger partial charge in [0.25, 0.3) is 5.56 Å². The summed E-state index contributed by atoms with van der Waals surface area (Å²) >= 11 is 13.3. The van der Waals surface area contributed by atoms with Crippen LogP contribution in [0.25, 0.3) is 16.7 Å². The number of rotatable bonds is 1. The zero-order valence-corrected chi connectivity index (χ0v) is 15.1. The van der Waals surface area contributed by atoms with E-state index in [1.807, 2.05) is 29.8 Å². The molecule has 0 unspecified atom stereocenters. The van der Waals surface area contributed by atoms with Crippen molar-refractivity contribution < 1.29 is 0 Å². The number of aryl methyl sites for hydroxylation is 2. The van der Waals surface area contributed by atoms with Gasteiger partial charge in [-0.1, -0.05) is 27.5 Å². The fraction of sp³-hybridized carbons (Fsp3) is 0.143. The summed E-state index contributed by atoms with van der Waals surface area (Å²) in [5, 5.41) is 1.14. The Morgan fingerprint density at radius 3 is 2.67 bits per heavy atom.